The van der Waals surface area contributed by atoms with Gasteiger partial charge in [-0.25, -0.2) is 4.79 Å². The summed E-state index contributed by atoms with van der Waals surface area (Å²) >= 11 is 0. The van der Waals surface area contributed by atoms with E-state index in [9.17, 15) is 9.59 Å². The molecule has 12 nitrogen and oxygen atoms in total. The summed E-state index contributed by atoms with van der Waals surface area (Å²) in [4.78, 5) is 22.9. The lowest BCUT2D eigenvalue weighted by atomic mass is 10.2. The molecule has 12 heteroatoms. The zero-order valence-corrected chi connectivity index (χ0v) is 23.7. The monoisotopic (exact) mass is 574 g/mol. The van der Waals surface area contributed by atoms with Gasteiger partial charge in [-0.2, -0.15) is 0 Å². The van der Waals surface area contributed by atoms with Gasteiger partial charge in [0.2, 0.25) is 0 Å². The third kappa shape index (κ3) is 23.7. The fraction of sp³-hybridized carbons (Fsp3) is 0.714. The summed E-state index contributed by atoms with van der Waals surface area (Å²) in [6.07, 6.45) is 0.253. The Hall–Kier alpha value is -2.16. The van der Waals surface area contributed by atoms with Crippen molar-refractivity contribution >= 4 is 11.9 Å². The first kappa shape index (κ1) is 35.9. The Labute approximate surface area is 237 Å². The van der Waals surface area contributed by atoms with E-state index >= 15 is 0 Å². The second-order valence-electron chi connectivity index (χ2n) is 7.96. The molecule has 1 aromatic rings. The molecule has 0 aliphatic heterocycles. The molecule has 40 heavy (non-hydrogen) atoms. The molecule has 230 valence electrons. The summed E-state index contributed by atoms with van der Waals surface area (Å²) in [5.41, 5.74) is 0.523. The van der Waals surface area contributed by atoms with Gasteiger partial charge in [0.15, 0.2) is 0 Å². The highest BCUT2D eigenvalue weighted by molar-refractivity contribution is 5.89. The molecule has 0 aliphatic carbocycles. The summed E-state index contributed by atoms with van der Waals surface area (Å²) < 4.78 is 53.1. The number of carbonyl (C=O) groups is 2. The predicted octanol–water partition coefficient (Wildman–Crippen LogP) is 1.93. The van der Waals surface area contributed by atoms with Gasteiger partial charge in [-0.05, 0) is 19.1 Å². The molecule has 0 bridgehead atoms. The Kier molecular flexibility index (Phi) is 25.4. The Morgan fingerprint density at radius 3 is 1.20 bits per heavy atom. The highest BCUT2D eigenvalue weighted by Crippen LogP contribution is 2.00. The van der Waals surface area contributed by atoms with Crippen LogP contribution in [0, 0.1) is 0 Å². The minimum atomic E-state index is -0.359. The Balaban J connectivity index is 1.67. The Bertz CT molecular complexity index is 704. The van der Waals surface area contributed by atoms with E-state index in [0.29, 0.717) is 118 Å². The van der Waals surface area contributed by atoms with Crippen LogP contribution in [-0.4, -0.2) is 131 Å². The highest BCUT2D eigenvalue weighted by atomic mass is 16.6. The van der Waals surface area contributed by atoms with E-state index < -0.39 is 0 Å². The van der Waals surface area contributed by atoms with Gasteiger partial charge in [0.1, 0.15) is 6.61 Å². The van der Waals surface area contributed by atoms with Gasteiger partial charge in [-0.15, -0.1) is 0 Å². The molecule has 0 aromatic heterocycles. The van der Waals surface area contributed by atoms with Crippen molar-refractivity contribution in [1.29, 1.82) is 0 Å². The second-order valence-corrected chi connectivity index (χ2v) is 7.96. The van der Waals surface area contributed by atoms with Crippen molar-refractivity contribution in [2.24, 2.45) is 0 Å². The van der Waals surface area contributed by atoms with E-state index in [1.165, 1.54) is 0 Å². The third-order valence-corrected chi connectivity index (χ3v) is 4.83. The third-order valence-electron chi connectivity index (χ3n) is 4.83. The maximum Gasteiger partial charge on any atom is 0.338 e. The van der Waals surface area contributed by atoms with Crippen LogP contribution in [0.3, 0.4) is 0 Å². The standard InChI is InChI=1S/C28H46O12/c1-2-39-27(29)8-9-31-10-11-32-12-13-33-14-15-34-16-17-35-18-19-36-20-21-37-22-23-38-24-25-40-28(30)26-6-4-3-5-7-26/h3-7H,2,8-25H2,1H3. The molecule has 0 saturated heterocycles. The van der Waals surface area contributed by atoms with Crippen LogP contribution in [0.2, 0.25) is 0 Å². The van der Waals surface area contributed by atoms with E-state index in [1.54, 1.807) is 31.2 Å². The first-order valence-electron chi connectivity index (χ1n) is 13.7. The molecular formula is C28H46O12. The quantitative estimate of drug-likeness (QED) is 0.102. The summed E-state index contributed by atoms with van der Waals surface area (Å²) in [6, 6.07) is 8.83. The molecule has 1 aromatic carbocycles. The number of ether oxygens (including phenoxy) is 10. The van der Waals surface area contributed by atoms with Gasteiger partial charge >= 0.3 is 11.9 Å². The fourth-order valence-electron chi connectivity index (χ4n) is 2.88. The van der Waals surface area contributed by atoms with Gasteiger partial charge < -0.3 is 47.4 Å². The Morgan fingerprint density at radius 1 is 0.475 bits per heavy atom. The molecule has 0 N–H and O–H groups in total. The van der Waals surface area contributed by atoms with E-state index in [2.05, 4.69) is 0 Å². The van der Waals surface area contributed by atoms with Crippen molar-refractivity contribution in [2.75, 3.05) is 119 Å². The smallest absolute Gasteiger partial charge is 0.338 e. The molecule has 0 fully saturated rings. The van der Waals surface area contributed by atoms with Gasteiger partial charge in [0.25, 0.3) is 0 Å². The first-order valence-corrected chi connectivity index (χ1v) is 13.7. The maximum absolute atomic E-state index is 11.8. The number of hydrogen-bond acceptors (Lipinski definition) is 12. The molecule has 0 unspecified atom stereocenters. The van der Waals surface area contributed by atoms with Crippen LogP contribution >= 0.6 is 0 Å². The van der Waals surface area contributed by atoms with Crippen LogP contribution in [-0.2, 0) is 52.2 Å². The normalized spacial score (nSPS) is 11.0. The van der Waals surface area contributed by atoms with E-state index in [1.807, 2.05) is 6.07 Å². The maximum atomic E-state index is 11.8. The Morgan fingerprint density at radius 2 is 0.825 bits per heavy atom. The number of esters is 2. The summed E-state index contributed by atoms with van der Waals surface area (Å²) in [6.45, 7) is 9.51. The van der Waals surface area contributed by atoms with Crippen molar-refractivity contribution in [3.05, 3.63) is 35.9 Å². The van der Waals surface area contributed by atoms with E-state index in [0.717, 1.165) is 0 Å². The largest absolute Gasteiger partial charge is 0.466 e. The fourth-order valence-corrected chi connectivity index (χ4v) is 2.88. The van der Waals surface area contributed by atoms with Crippen LogP contribution in [0.4, 0.5) is 0 Å². The van der Waals surface area contributed by atoms with Crippen LogP contribution in [0.25, 0.3) is 0 Å². The average molecular weight is 575 g/mol. The molecule has 0 spiro atoms. The average Bonchev–Trinajstić information content (AvgIpc) is 2.97. The van der Waals surface area contributed by atoms with Crippen LogP contribution in [0.1, 0.15) is 23.7 Å². The van der Waals surface area contributed by atoms with Gasteiger partial charge in [-0.1, -0.05) is 18.2 Å². The number of rotatable bonds is 29. The molecule has 0 amide bonds. The number of carbonyl (C=O) groups excluding carboxylic acids is 2. The van der Waals surface area contributed by atoms with Crippen molar-refractivity contribution < 1.29 is 57.0 Å². The highest BCUT2D eigenvalue weighted by Gasteiger charge is 2.05. The van der Waals surface area contributed by atoms with Crippen molar-refractivity contribution in [1.82, 2.24) is 0 Å². The van der Waals surface area contributed by atoms with Crippen LogP contribution in [0.15, 0.2) is 30.3 Å². The lowest BCUT2D eigenvalue weighted by Crippen LogP contribution is -2.15. The van der Waals surface area contributed by atoms with Crippen LogP contribution in [0.5, 0.6) is 0 Å². The topological polar surface area (TPSA) is 126 Å². The summed E-state index contributed by atoms with van der Waals surface area (Å²) in [7, 11) is 0. The van der Waals surface area contributed by atoms with Gasteiger partial charge in [-0.3, -0.25) is 4.79 Å². The predicted molar refractivity (Wildman–Crippen MR) is 145 cm³/mol. The first-order chi connectivity index (χ1) is 19.7. The minimum absolute atomic E-state index is 0.200. The van der Waals surface area contributed by atoms with Gasteiger partial charge in [0, 0.05) is 0 Å². The SMILES string of the molecule is CCOC(=O)CCOCCOCCOCCOCCOCCOCCOCCOCCOC(=O)c1ccccc1. The molecule has 0 aliphatic rings. The zero-order chi connectivity index (χ0) is 28.8. The van der Waals surface area contributed by atoms with Crippen molar-refractivity contribution in [2.45, 2.75) is 13.3 Å². The summed E-state index contributed by atoms with van der Waals surface area (Å²) in [5.74, 6) is -0.613. The lowest BCUT2D eigenvalue weighted by Gasteiger charge is -2.09. The second kappa shape index (κ2) is 28.4. The molecule has 0 heterocycles. The minimum Gasteiger partial charge on any atom is -0.466 e. The van der Waals surface area contributed by atoms with E-state index in [-0.39, 0.29) is 25.0 Å². The molecule has 0 saturated carbocycles. The zero-order valence-electron chi connectivity index (χ0n) is 23.7. The van der Waals surface area contributed by atoms with E-state index in [4.69, 9.17) is 47.4 Å². The molecule has 1 rings (SSSR count). The summed E-state index contributed by atoms with van der Waals surface area (Å²) in [5, 5.41) is 0. The lowest BCUT2D eigenvalue weighted by molar-refractivity contribution is -0.144. The molecule has 0 atom stereocenters. The van der Waals surface area contributed by atoms with Gasteiger partial charge in [0.05, 0.1) is 124 Å². The van der Waals surface area contributed by atoms with Crippen molar-refractivity contribution in [3.63, 3.8) is 0 Å². The number of hydrogen-bond donors (Lipinski definition) is 0. The van der Waals surface area contributed by atoms with Crippen molar-refractivity contribution in [3.8, 4) is 0 Å². The van der Waals surface area contributed by atoms with Crippen LogP contribution < -0.4 is 0 Å². The molecular weight excluding hydrogens is 528 g/mol. The molecule has 0 radical (unpaired) electrons. The number of benzene rings is 1.